The molecule has 1 rings (SSSR count). The van der Waals surface area contributed by atoms with E-state index < -0.39 is 8.48 Å². The molecule has 1 fully saturated rings. The van der Waals surface area contributed by atoms with E-state index in [-0.39, 0.29) is 0 Å². The highest BCUT2D eigenvalue weighted by Gasteiger charge is 2.40. The zero-order valence-electron chi connectivity index (χ0n) is 11.0. The van der Waals surface area contributed by atoms with Crippen molar-refractivity contribution in [3.63, 3.8) is 0 Å². The standard InChI is InChI=1S/C12H28N2OSi/c1-3-15-16(2)12-8-11-14(16)10-7-5-4-6-9-13/h3-13H2,1-2H3. The van der Waals surface area contributed by atoms with Crippen LogP contribution in [-0.4, -0.2) is 39.3 Å². The van der Waals surface area contributed by atoms with Crippen molar-refractivity contribution in [2.24, 2.45) is 5.73 Å². The number of hydrogen-bond acceptors (Lipinski definition) is 3. The van der Waals surface area contributed by atoms with Crippen molar-refractivity contribution in [3.05, 3.63) is 0 Å². The Kier molecular flexibility index (Phi) is 6.57. The number of nitrogens with two attached hydrogens (primary N) is 1. The van der Waals surface area contributed by atoms with Crippen LogP contribution in [0.15, 0.2) is 0 Å². The van der Waals surface area contributed by atoms with Gasteiger partial charge in [0, 0.05) is 6.61 Å². The minimum absolute atomic E-state index is 0.842. The van der Waals surface area contributed by atoms with Crippen LogP contribution in [0.25, 0.3) is 0 Å². The molecule has 0 bridgehead atoms. The van der Waals surface area contributed by atoms with Gasteiger partial charge in [-0.1, -0.05) is 12.8 Å². The molecule has 1 aliphatic heterocycles. The highest BCUT2D eigenvalue weighted by molar-refractivity contribution is 6.70. The van der Waals surface area contributed by atoms with Crippen LogP contribution >= 0.6 is 0 Å². The van der Waals surface area contributed by atoms with Crippen molar-refractivity contribution in [3.8, 4) is 0 Å². The molecule has 96 valence electrons. The van der Waals surface area contributed by atoms with Crippen LogP contribution in [0, 0.1) is 0 Å². The minimum atomic E-state index is -1.48. The van der Waals surface area contributed by atoms with Crippen molar-refractivity contribution >= 4 is 8.48 Å². The fraction of sp³-hybridized carbons (Fsp3) is 1.00. The molecule has 1 unspecified atom stereocenters. The van der Waals surface area contributed by atoms with E-state index in [1.54, 1.807) is 0 Å². The van der Waals surface area contributed by atoms with Gasteiger partial charge in [-0.3, -0.25) is 0 Å². The van der Waals surface area contributed by atoms with Crippen LogP contribution in [0.1, 0.15) is 39.0 Å². The summed E-state index contributed by atoms with van der Waals surface area (Å²) in [4.78, 5) is 0. The summed E-state index contributed by atoms with van der Waals surface area (Å²) in [5.74, 6) is 0. The Morgan fingerprint density at radius 1 is 1.25 bits per heavy atom. The normalized spacial score (nSPS) is 26.4. The molecule has 0 aromatic carbocycles. The molecule has 1 aliphatic rings. The highest BCUT2D eigenvalue weighted by Crippen LogP contribution is 2.27. The molecule has 3 nitrogen and oxygen atoms in total. The Hall–Kier alpha value is 0.0969. The summed E-state index contributed by atoms with van der Waals surface area (Å²) in [7, 11) is -1.48. The van der Waals surface area contributed by atoms with Crippen molar-refractivity contribution < 1.29 is 4.43 Å². The Morgan fingerprint density at radius 3 is 2.69 bits per heavy atom. The second kappa shape index (κ2) is 7.43. The molecule has 1 atom stereocenters. The fourth-order valence-corrected chi connectivity index (χ4v) is 5.96. The SMILES string of the molecule is CCO[Si]1(C)CCCN1CCCCCCN. The van der Waals surface area contributed by atoms with Crippen LogP contribution in [0.2, 0.25) is 12.6 Å². The molecule has 0 aromatic rings. The molecular formula is C12H28N2OSi. The molecule has 0 aliphatic carbocycles. The van der Waals surface area contributed by atoms with Crippen molar-refractivity contribution in [2.45, 2.75) is 51.6 Å². The summed E-state index contributed by atoms with van der Waals surface area (Å²) in [6.45, 7) is 8.73. The van der Waals surface area contributed by atoms with Gasteiger partial charge in [-0.25, -0.2) is 0 Å². The highest BCUT2D eigenvalue weighted by atomic mass is 28.4. The predicted octanol–water partition coefficient (Wildman–Crippen LogP) is 2.32. The maximum atomic E-state index is 6.03. The van der Waals surface area contributed by atoms with Crippen LogP contribution in [-0.2, 0) is 4.43 Å². The van der Waals surface area contributed by atoms with Gasteiger partial charge in [0.05, 0.1) is 0 Å². The molecule has 1 heterocycles. The van der Waals surface area contributed by atoms with Gasteiger partial charge >= 0.3 is 0 Å². The number of nitrogens with zero attached hydrogens (tertiary/aromatic N) is 1. The summed E-state index contributed by atoms with van der Waals surface area (Å²) in [5, 5.41) is 0. The smallest absolute Gasteiger partial charge is 0.268 e. The zero-order chi connectivity index (χ0) is 11.9. The van der Waals surface area contributed by atoms with Gasteiger partial charge in [-0.15, -0.1) is 0 Å². The van der Waals surface area contributed by atoms with Gasteiger partial charge in [0.2, 0.25) is 0 Å². The number of hydrogen-bond donors (Lipinski definition) is 1. The first-order chi connectivity index (χ1) is 7.73. The molecule has 0 spiro atoms. The minimum Gasteiger partial charge on any atom is -0.403 e. The topological polar surface area (TPSA) is 38.5 Å². The first-order valence-corrected chi connectivity index (χ1v) is 9.38. The maximum Gasteiger partial charge on any atom is 0.268 e. The van der Waals surface area contributed by atoms with Crippen LogP contribution < -0.4 is 5.73 Å². The van der Waals surface area contributed by atoms with E-state index in [4.69, 9.17) is 10.2 Å². The lowest BCUT2D eigenvalue weighted by atomic mass is 10.2. The third-order valence-corrected chi connectivity index (χ3v) is 7.55. The van der Waals surface area contributed by atoms with Crippen LogP contribution in [0.4, 0.5) is 0 Å². The summed E-state index contributed by atoms with van der Waals surface area (Å²) in [6, 6.07) is 1.32. The second-order valence-corrected chi connectivity index (χ2v) is 8.67. The van der Waals surface area contributed by atoms with E-state index in [2.05, 4.69) is 18.0 Å². The number of unbranched alkanes of at least 4 members (excludes halogenated alkanes) is 3. The third kappa shape index (κ3) is 4.16. The van der Waals surface area contributed by atoms with E-state index in [0.29, 0.717) is 0 Å². The van der Waals surface area contributed by atoms with E-state index >= 15 is 0 Å². The average molecular weight is 244 g/mol. The molecule has 0 aromatic heterocycles. The molecule has 0 amide bonds. The lowest BCUT2D eigenvalue weighted by molar-refractivity contribution is 0.268. The third-order valence-electron chi connectivity index (χ3n) is 3.58. The Balaban J connectivity index is 2.19. The average Bonchev–Trinajstić information content (AvgIpc) is 2.60. The lowest BCUT2D eigenvalue weighted by Gasteiger charge is -2.32. The van der Waals surface area contributed by atoms with Gasteiger partial charge < -0.3 is 14.7 Å². The molecular weight excluding hydrogens is 216 g/mol. The molecule has 4 heteroatoms. The van der Waals surface area contributed by atoms with E-state index in [0.717, 1.165) is 13.2 Å². The van der Waals surface area contributed by atoms with E-state index in [1.807, 2.05) is 0 Å². The molecule has 2 N–H and O–H groups in total. The van der Waals surface area contributed by atoms with Crippen LogP contribution in [0.5, 0.6) is 0 Å². The van der Waals surface area contributed by atoms with Gasteiger partial charge in [0.15, 0.2) is 0 Å². The van der Waals surface area contributed by atoms with E-state index in [9.17, 15) is 0 Å². The molecule has 1 saturated heterocycles. The molecule has 16 heavy (non-hydrogen) atoms. The van der Waals surface area contributed by atoms with Gasteiger partial charge in [0.25, 0.3) is 8.48 Å². The largest absolute Gasteiger partial charge is 0.403 e. The maximum absolute atomic E-state index is 6.03. The monoisotopic (exact) mass is 244 g/mol. The van der Waals surface area contributed by atoms with Crippen molar-refractivity contribution in [1.82, 2.24) is 4.57 Å². The van der Waals surface area contributed by atoms with Gasteiger partial charge in [-0.2, -0.15) is 0 Å². The lowest BCUT2D eigenvalue weighted by Crippen LogP contribution is -2.49. The summed E-state index contributed by atoms with van der Waals surface area (Å²) in [5.41, 5.74) is 5.49. The van der Waals surface area contributed by atoms with Gasteiger partial charge in [0.1, 0.15) is 0 Å². The zero-order valence-corrected chi connectivity index (χ0v) is 12.0. The fourth-order valence-electron chi connectivity index (χ4n) is 2.62. The predicted molar refractivity (Wildman–Crippen MR) is 71.8 cm³/mol. The Labute approximate surface area is 102 Å². The summed E-state index contributed by atoms with van der Waals surface area (Å²) < 4.78 is 8.68. The first kappa shape index (κ1) is 14.2. The summed E-state index contributed by atoms with van der Waals surface area (Å²) in [6.07, 6.45) is 6.45. The first-order valence-electron chi connectivity index (χ1n) is 6.82. The van der Waals surface area contributed by atoms with E-state index in [1.165, 1.54) is 51.2 Å². The molecule has 0 radical (unpaired) electrons. The second-order valence-electron chi connectivity index (χ2n) is 4.90. The number of rotatable bonds is 8. The van der Waals surface area contributed by atoms with Crippen molar-refractivity contribution in [1.29, 1.82) is 0 Å². The Bertz CT molecular complexity index is 192. The Morgan fingerprint density at radius 2 is 2.00 bits per heavy atom. The van der Waals surface area contributed by atoms with Crippen LogP contribution in [0.3, 0.4) is 0 Å². The van der Waals surface area contributed by atoms with Crippen molar-refractivity contribution in [2.75, 3.05) is 26.2 Å². The summed E-state index contributed by atoms with van der Waals surface area (Å²) >= 11 is 0. The van der Waals surface area contributed by atoms with Gasteiger partial charge in [-0.05, 0) is 58.4 Å². The quantitative estimate of drug-likeness (QED) is 0.526. The molecule has 0 saturated carbocycles.